The summed E-state index contributed by atoms with van der Waals surface area (Å²) in [6.45, 7) is 0. The van der Waals surface area contributed by atoms with Crippen LogP contribution >= 0.6 is 23.5 Å². The van der Waals surface area contributed by atoms with Gasteiger partial charge in [-0.15, -0.1) is 23.5 Å². The minimum Gasteiger partial charge on any atom is -0.468 e. The van der Waals surface area contributed by atoms with E-state index in [1.165, 1.54) is 30.6 Å². The van der Waals surface area contributed by atoms with E-state index in [1.807, 2.05) is 0 Å². The molecule has 1 unspecified atom stereocenters. The van der Waals surface area contributed by atoms with Crippen molar-refractivity contribution in [3.05, 3.63) is 9.81 Å². The summed E-state index contributed by atoms with van der Waals surface area (Å²) in [5.74, 6) is -0.237. The molecule has 0 fully saturated rings. The molecule has 0 rings (SSSR count). The van der Waals surface area contributed by atoms with Crippen LogP contribution in [0, 0.1) is 22.7 Å². The number of esters is 1. The molecule has 0 aliphatic rings. The first kappa shape index (κ1) is 14.8. The normalized spacial score (nSPS) is 10.8. The minimum absolute atomic E-state index is 0.0366. The highest BCUT2D eigenvalue weighted by molar-refractivity contribution is 8.22. The third kappa shape index (κ3) is 4.58. The van der Waals surface area contributed by atoms with Gasteiger partial charge >= 0.3 is 5.97 Å². The van der Waals surface area contributed by atoms with Gasteiger partial charge in [0.25, 0.3) is 0 Å². The summed E-state index contributed by atoms with van der Waals surface area (Å²) in [7, 11) is 1.26. The average molecular weight is 257 g/mol. The zero-order chi connectivity index (χ0) is 12.6. The molecule has 2 N–H and O–H groups in total. The molecule has 5 nitrogen and oxygen atoms in total. The Labute approximate surface area is 103 Å². The van der Waals surface area contributed by atoms with Crippen molar-refractivity contribution in [3.63, 3.8) is 0 Å². The number of carbonyl (C=O) groups excluding carboxylic acids is 1. The number of nitrogens with zero attached hydrogens (tertiary/aromatic N) is 2. The van der Waals surface area contributed by atoms with E-state index >= 15 is 0 Å². The van der Waals surface area contributed by atoms with Gasteiger partial charge in [0.1, 0.15) is 23.8 Å². The molecule has 0 saturated heterocycles. The topological polar surface area (TPSA) is 99.9 Å². The maximum Gasteiger partial charge on any atom is 0.323 e. The molecular weight excluding hydrogens is 246 g/mol. The second kappa shape index (κ2) is 8.05. The Morgan fingerprint density at radius 1 is 1.50 bits per heavy atom. The van der Waals surface area contributed by atoms with Gasteiger partial charge in [0.2, 0.25) is 0 Å². The molecule has 0 saturated carbocycles. The smallest absolute Gasteiger partial charge is 0.323 e. The SMILES string of the molecule is COC(=O)C(N)CSC(SC)=C(C#N)C#N. The van der Waals surface area contributed by atoms with Crippen LogP contribution in [-0.4, -0.2) is 31.1 Å². The van der Waals surface area contributed by atoms with Gasteiger partial charge in [-0.2, -0.15) is 10.5 Å². The van der Waals surface area contributed by atoms with E-state index in [0.29, 0.717) is 4.24 Å². The van der Waals surface area contributed by atoms with Gasteiger partial charge < -0.3 is 10.5 Å². The molecule has 0 aliphatic heterocycles. The van der Waals surface area contributed by atoms with Crippen LogP contribution in [0.4, 0.5) is 0 Å². The lowest BCUT2D eigenvalue weighted by molar-refractivity contribution is -0.141. The van der Waals surface area contributed by atoms with Gasteiger partial charge in [0, 0.05) is 5.75 Å². The zero-order valence-electron chi connectivity index (χ0n) is 8.89. The molecule has 1 atom stereocenters. The summed E-state index contributed by atoms with van der Waals surface area (Å²) in [6, 6.07) is 2.83. The summed E-state index contributed by atoms with van der Waals surface area (Å²) >= 11 is 2.48. The number of ether oxygens (including phenoxy) is 1. The standard InChI is InChI=1S/C9H11N3O2S2/c1-14-8(13)7(12)5-16-9(15-2)6(3-10)4-11/h7H,5,12H2,1-2H3. The molecule has 0 aliphatic carbocycles. The van der Waals surface area contributed by atoms with Crippen LogP contribution in [0.1, 0.15) is 0 Å². The molecule has 86 valence electrons. The fraction of sp³-hybridized carbons (Fsp3) is 0.444. The van der Waals surface area contributed by atoms with E-state index in [1.54, 1.807) is 18.4 Å². The number of carbonyl (C=O) groups is 1. The van der Waals surface area contributed by atoms with Gasteiger partial charge in [-0.25, -0.2) is 0 Å². The lowest BCUT2D eigenvalue weighted by Crippen LogP contribution is -2.33. The molecule has 0 heterocycles. The number of hydrogen-bond acceptors (Lipinski definition) is 7. The van der Waals surface area contributed by atoms with E-state index < -0.39 is 12.0 Å². The van der Waals surface area contributed by atoms with Gasteiger partial charge in [-0.05, 0) is 6.26 Å². The lowest BCUT2D eigenvalue weighted by atomic mass is 10.4. The predicted octanol–water partition coefficient (Wildman–Crippen LogP) is 0.842. The highest BCUT2D eigenvalue weighted by atomic mass is 32.2. The molecule has 0 aromatic heterocycles. The summed E-state index contributed by atoms with van der Waals surface area (Å²) in [5, 5.41) is 17.3. The van der Waals surface area contributed by atoms with E-state index in [-0.39, 0.29) is 11.3 Å². The number of rotatable bonds is 5. The zero-order valence-corrected chi connectivity index (χ0v) is 10.5. The highest BCUT2D eigenvalue weighted by Gasteiger charge is 2.15. The number of hydrogen-bond donors (Lipinski definition) is 1. The summed E-state index contributed by atoms with van der Waals surface area (Å²) in [5.41, 5.74) is 5.56. The number of thioether (sulfide) groups is 2. The molecule has 0 aromatic carbocycles. The number of methoxy groups -OCH3 is 1. The van der Waals surface area contributed by atoms with Crippen molar-refractivity contribution in [2.75, 3.05) is 19.1 Å². The van der Waals surface area contributed by atoms with E-state index in [2.05, 4.69) is 4.74 Å². The average Bonchev–Trinajstić information content (AvgIpc) is 2.32. The van der Waals surface area contributed by atoms with E-state index in [4.69, 9.17) is 16.3 Å². The molecule has 0 aromatic rings. The van der Waals surface area contributed by atoms with Crippen LogP contribution in [0.5, 0.6) is 0 Å². The first-order valence-electron chi connectivity index (χ1n) is 4.15. The number of nitriles is 2. The first-order chi connectivity index (χ1) is 7.60. The predicted molar refractivity (Wildman–Crippen MR) is 64.2 cm³/mol. The number of allylic oxidation sites excluding steroid dienone is 1. The van der Waals surface area contributed by atoms with Crippen molar-refractivity contribution in [1.82, 2.24) is 0 Å². The number of nitrogens with two attached hydrogens (primary N) is 1. The van der Waals surface area contributed by atoms with Crippen molar-refractivity contribution in [1.29, 1.82) is 10.5 Å². The molecule has 0 radical (unpaired) electrons. The van der Waals surface area contributed by atoms with Gasteiger partial charge in [0.05, 0.1) is 11.3 Å². The van der Waals surface area contributed by atoms with Gasteiger partial charge in [-0.3, -0.25) is 4.79 Å². The molecule has 0 spiro atoms. The lowest BCUT2D eigenvalue weighted by Gasteiger charge is -2.09. The third-order valence-electron chi connectivity index (χ3n) is 1.51. The first-order valence-corrected chi connectivity index (χ1v) is 6.36. The maximum absolute atomic E-state index is 11.0. The van der Waals surface area contributed by atoms with E-state index in [0.717, 1.165) is 0 Å². The van der Waals surface area contributed by atoms with Crippen molar-refractivity contribution < 1.29 is 9.53 Å². The van der Waals surface area contributed by atoms with Crippen LogP contribution in [0.3, 0.4) is 0 Å². The van der Waals surface area contributed by atoms with Crippen LogP contribution in [-0.2, 0) is 9.53 Å². The summed E-state index contributed by atoms with van der Waals surface area (Å²) in [6.07, 6.45) is 1.75. The fourth-order valence-corrected chi connectivity index (χ4v) is 2.41. The van der Waals surface area contributed by atoms with Crippen LogP contribution in [0.25, 0.3) is 0 Å². The Morgan fingerprint density at radius 3 is 2.44 bits per heavy atom. The quantitative estimate of drug-likeness (QED) is 0.575. The Hall–Kier alpha value is -1.15. The van der Waals surface area contributed by atoms with Crippen LogP contribution in [0.15, 0.2) is 9.81 Å². The molecular formula is C9H11N3O2S2. The van der Waals surface area contributed by atoms with Crippen molar-refractivity contribution in [2.45, 2.75) is 6.04 Å². The molecule has 7 heteroatoms. The second-order valence-electron chi connectivity index (χ2n) is 2.53. The van der Waals surface area contributed by atoms with Crippen LogP contribution < -0.4 is 5.73 Å². The molecule has 0 bridgehead atoms. The maximum atomic E-state index is 11.0. The Kier molecular flexibility index (Phi) is 7.48. The second-order valence-corrected chi connectivity index (χ2v) is 4.64. The van der Waals surface area contributed by atoms with Gasteiger partial charge in [-0.1, -0.05) is 0 Å². The Bertz CT molecular complexity index is 352. The monoisotopic (exact) mass is 257 g/mol. The fourth-order valence-electron chi connectivity index (χ4n) is 0.734. The third-order valence-corrected chi connectivity index (χ3v) is 3.93. The largest absolute Gasteiger partial charge is 0.468 e. The molecule has 0 amide bonds. The Balaban J connectivity index is 4.51. The summed E-state index contributed by atoms with van der Waals surface area (Å²) in [4.78, 5) is 11.0. The van der Waals surface area contributed by atoms with Crippen LogP contribution in [0.2, 0.25) is 0 Å². The van der Waals surface area contributed by atoms with Gasteiger partial charge in [0.15, 0.2) is 0 Å². The summed E-state index contributed by atoms with van der Waals surface area (Å²) < 4.78 is 5.02. The van der Waals surface area contributed by atoms with Crippen molar-refractivity contribution in [2.24, 2.45) is 5.73 Å². The minimum atomic E-state index is -0.754. The van der Waals surface area contributed by atoms with Crippen molar-refractivity contribution in [3.8, 4) is 12.1 Å². The Morgan fingerprint density at radius 2 is 2.06 bits per heavy atom. The molecule has 16 heavy (non-hydrogen) atoms. The van der Waals surface area contributed by atoms with E-state index in [9.17, 15) is 4.79 Å². The highest BCUT2D eigenvalue weighted by Crippen LogP contribution is 2.29. The van der Waals surface area contributed by atoms with Crippen molar-refractivity contribution >= 4 is 29.5 Å².